The van der Waals surface area contributed by atoms with Crippen LogP contribution in [-0.4, -0.2) is 26.8 Å². The summed E-state index contributed by atoms with van der Waals surface area (Å²) in [7, 11) is 0. The Morgan fingerprint density at radius 2 is 2.17 bits per heavy atom. The van der Waals surface area contributed by atoms with Crippen molar-refractivity contribution in [2.45, 2.75) is 5.37 Å². The van der Waals surface area contributed by atoms with Crippen molar-refractivity contribution < 1.29 is 4.79 Å². The van der Waals surface area contributed by atoms with Crippen LogP contribution in [0.3, 0.4) is 0 Å². The van der Waals surface area contributed by atoms with Crippen LogP contribution in [0.2, 0.25) is 0 Å². The number of hydrogen-bond acceptors (Lipinski definition) is 4. The van der Waals surface area contributed by atoms with E-state index >= 15 is 0 Å². The lowest BCUT2D eigenvalue weighted by Crippen LogP contribution is -2.28. The van der Waals surface area contributed by atoms with Gasteiger partial charge in [-0.25, -0.2) is 5.10 Å². The molecule has 1 N–H and O–H groups in total. The van der Waals surface area contributed by atoms with Gasteiger partial charge in [0.2, 0.25) is 11.9 Å². The molecule has 1 aromatic carbocycles. The second-order valence-corrected chi connectivity index (χ2v) is 5.77. The minimum Gasteiger partial charge on any atom is -0.273 e. The number of rotatable bonds is 2. The van der Waals surface area contributed by atoms with Gasteiger partial charge in [0.15, 0.2) is 0 Å². The zero-order valence-corrected chi connectivity index (χ0v) is 11.6. The molecule has 0 radical (unpaired) electrons. The lowest BCUT2D eigenvalue weighted by Gasteiger charge is -2.21. The largest absolute Gasteiger partial charge is 0.273 e. The lowest BCUT2D eigenvalue weighted by molar-refractivity contribution is -0.115. The van der Waals surface area contributed by atoms with Crippen LogP contribution >= 0.6 is 27.7 Å². The van der Waals surface area contributed by atoms with Crippen molar-refractivity contribution in [3.05, 3.63) is 40.6 Å². The van der Waals surface area contributed by atoms with E-state index in [1.165, 1.54) is 6.33 Å². The van der Waals surface area contributed by atoms with Gasteiger partial charge in [-0.1, -0.05) is 28.1 Å². The summed E-state index contributed by atoms with van der Waals surface area (Å²) in [5.74, 6) is 1.00. The van der Waals surface area contributed by atoms with E-state index in [0.717, 1.165) is 10.0 Å². The highest BCUT2D eigenvalue weighted by Gasteiger charge is 2.35. The Bertz CT molecular complexity index is 557. The van der Waals surface area contributed by atoms with E-state index in [1.54, 1.807) is 16.7 Å². The molecule has 2 aromatic rings. The minimum absolute atomic E-state index is 0.0430. The monoisotopic (exact) mass is 324 g/mol. The highest BCUT2D eigenvalue weighted by molar-refractivity contribution is 9.10. The summed E-state index contributed by atoms with van der Waals surface area (Å²) in [5.41, 5.74) is 1.07. The molecule has 0 spiro atoms. The fourth-order valence-electron chi connectivity index (χ4n) is 1.84. The quantitative estimate of drug-likeness (QED) is 0.921. The molecule has 5 nitrogen and oxygen atoms in total. The molecule has 92 valence electrons. The summed E-state index contributed by atoms with van der Waals surface area (Å²) in [6.07, 6.45) is 1.41. The van der Waals surface area contributed by atoms with Gasteiger partial charge in [0, 0.05) is 4.47 Å². The van der Waals surface area contributed by atoms with Crippen LogP contribution in [0.25, 0.3) is 0 Å². The van der Waals surface area contributed by atoms with Gasteiger partial charge in [-0.05, 0) is 17.7 Å². The standard InChI is InChI=1S/C11H9BrN4OS/c12-8-3-1-7(2-4-8)10-16(9(17)5-18-10)11-13-6-14-15-11/h1-4,6,10H,5H2,(H,13,14,15). The topological polar surface area (TPSA) is 61.9 Å². The summed E-state index contributed by atoms with van der Waals surface area (Å²) < 4.78 is 1.02. The normalized spacial score (nSPS) is 19.5. The van der Waals surface area contributed by atoms with Gasteiger partial charge >= 0.3 is 0 Å². The smallest absolute Gasteiger partial charge is 0.240 e. The summed E-state index contributed by atoms with van der Waals surface area (Å²) in [5, 5.41) is 6.50. The number of aromatic amines is 1. The molecule has 1 aromatic heterocycles. The number of halogens is 1. The molecular formula is C11H9BrN4OS. The molecule has 0 bridgehead atoms. The third-order valence-electron chi connectivity index (χ3n) is 2.65. The van der Waals surface area contributed by atoms with E-state index < -0.39 is 0 Å². The minimum atomic E-state index is -0.0430. The number of carbonyl (C=O) groups excluding carboxylic acids is 1. The number of carbonyl (C=O) groups is 1. The summed E-state index contributed by atoms with van der Waals surface area (Å²) >= 11 is 4.99. The average molecular weight is 325 g/mol. The zero-order chi connectivity index (χ0) is 12.5. The maximum Gasteiger partial charge on any atom is 0.240 e. The molecule has 7 heteroatoms. The maximum absolute atomic E-state index is 11.9. The molecule has 0 saturated carbocycles. The number of H-pyrrole nitrogens is 1. The zero-order valence-electron chi connectivity index (χ0n) is 9.21. The van der Waals surface area contributed by atoms with Crippen molar-refractivity contribution in [2.75, 3.05) is 10.7 Å². The lowest BCUT2D eigenvalue weighted by atomic mass is 10.2. The molecule has 1 aliphatic heterocycles. The Labute approximate surface area is 116 Å². The van der Waals surface area contributed by atoms with Gasteiger partial charge in [0.1, 0.15) is 11.7 Å². The maximum atomic E-state index is 11.9. The first kappa shape index (κ1) is 11.7. The van der Waals surface area contributed by atoms with Crippen molar-refractivity contribution in [1.29, 1.82) is 0 Å². The second-order valence-electron chi connectivity index (χ2n) is 3.79. The highest BCUT2D eigenvalue weighted by atomic mass is 79.9. The van der Waals surface area contributed by atoms with Crippen molar-refractivity contribution in [3.63, 3.8) is 0 Å². The number of benzene rings is 1. The van der Waals surface area contributed by atoms with E-state index in [9.17, 15) is 4.79 Å². The van der Waals surface area contributed by atoms with Gasteiger partial charge in [-0.3, -0.25) is 9.69 Å². The molecule has 0 aliphatic carbocycles. The first-order valence-corrected chi connectivity index (χ1v) is 7.14. The fraction of sp³-hybridized carbons (Fsp3) is 0.182. The van der Waals surface area contributed by atoms with Crippen LogP contribution in [0.5, 0.6) is 0 Å². The summed E-state index contributed by atoms with van der Waals surface area (Å²) in [6.45, 7) is 0. The number of anilines is 1. The molecule has 1 fully saturated rings. The third-order valence-corrected chi connectivity index (χ3v) is 4.39. The van der Waals surface area contributed by atoms with E-state index in [2.05, 4.69) is 31.1 Å². The van der Waals surface area contributed by atoms with Crippen molar-refractivity contribution >= 4 is 39.5 Å². The number of hydrogen-bond donors (Lipinski definition) is 1. The molecule has 3 rings (SSSR count). The van der Waals surface area contributed by atoms with Gasteiger partial charge in [-0.15, -0.1) is 11.8 Å². The molecule has 1 amide bonds. The predicted octanol–water partition coefficient (Wildman–Crippen LogP) is 2.35. The van der Waals surface area contributed by atoms with E-state index in [4.69, 9.17) is 0 Å². The molecule has 1 aliphatic rings. The van der Waals surface area contributed by atoms with E-state index in [1.807, 2.05) is 24.3 Å². The fourth-order valence-corrected chi connectivity index (χ4v) is 3.26. The van der Waals surface area contributed by atoms with Crippen molar-refractivity contribution in [3.8, 4) is 0 Å². The van der Waals surface area contributed by atoms with Gasteiger partial charge in [0.05, 0.1) is 5.75 Å². The first-order chi connectivity index (χ1) is 8.75. The Morgan fingerprint density at radius 1 is 1.39 bits per heavy atom. The van der Waals surface area contributed by atoms with Gasteiger partial charge < -0.3 is 0 Å². The average Bonchev–Trinajstić information content (AvgIpc) is 2.99. The van der Waals surface area contributed by atoms with Crippen molar-refractivity contribution in [2.24, 2.45) is 0 Å². The molecular weight excluding hydrogens is 316 g/mol. The summed E-state index contributed by atoms with van der Waals surface area (Å²) in [6, 6.07) is 7.95. The second kappa shape index (κ2) is 4.74. The number of nitrogens with zero attached hydrogens (tertiary/aromatic N) is 3. The Balaban J connectivity index is 1.96. The van der Waals surface area contributed by atoms with E-state index in [-0.39, 0.29) is 11.3 Å². The number of nitrogens with one attached hydrogen (secondary N) is 1. The van der Waals surface area contributed by atoms with Crippen molar-refractivity contribution in [1.82, 2.24) is 15.2 Å². The SMILES string of the molecule is O=C1CSC(c2ccc(Br)cc2)N1c1ncn[nH]1. The van der Waals surface area contributed by atoms with Crippen LogP contribution in [0.4, 0.5) is 5.95 Å². The first-order valence-electron chi connectivity index (χ1n) is 5.30. The molecule has 1 saturated heterocycles. The predicted molar refractivity (Wildman–Crippen MR) is 73.2 cm³/mol. The Kier molecular flexibility index (Phi) is 3.09. The van der Waals surface area contributed by atoms with Crippen LogP contribution < -0.4 is 4.90 Å². The van der Waals surface area contributed by atoms with Crippen LogP contribution in [0, 0.1) is 0 Å². The number of amides is 1. The molecule has 1 atom stereocenters. The van der Waals surface area contributed by atoms with Gasteiger partial charge in [0.25, 0.3) is 0 Å². The molecule has 18 heavy (non-hydrogen) atoms. The Morgan fingerprint density at radius 3 is 2.83 bits per heavy atom. The highest BCUT2D eigenvalue weighted by Crippen LogP contribution is 2.40. The van der Waals surface area contributed by atoms with Crippen LogP contribution in [0.15, 0.2) is 35.1 Å². The Hall–Kier alpha value is -1.34. The van der Waals surface area contributed by atoms with Gasteiger partial charge in [-0.2, -0.15) is 10.1 Å². The van der Waals surface area contributed by atoms with E-state index in [0.29, 0.717) is 11.7 Å². The summed E-state index contributed by atoms with van der Waals surface area (Å²) in [4.78, 5) is 17.6. The molecule has 2 heterocycles. The molecule has 1 unspecified atom stereocenters. The van der Waals surface area contributed by atoms with Crippen LogP contribution in [-0.2, 0) is 4.79 Å². The third kappa shape index (κ3) is 2.04. The van der Waals surface area contributed by atoms with Crippen LogP contribution in [0.1, 0.15) is 10.9 Å². The number of thioether (sulfide) groups is 1. The number of aromatic nitrogens is 3.